The molecule has 3 amide bonds. The lowest BCUT2D eigenvalue weighted by molar-refractivity contribution is -0.163. The highest BCUT2D eigenvalue weighted by molar-refractivity contribution is 7.09. The van der Waals surface area contributed by atoms with Gasteiger partial charge in [0.25, 0.3) is 5.91 Å². The number of hydrogen-bond donors (Lipinski definition) is 0. The lowest BCUT2D eigenvalue weighted by Gasteiger charge is -2.32. The van der Waals surface area contributed by atoms with Gasteiger partial charge in [0.15, 0.2) is 0 Å². The monoisotopic (exact) mass is 424 g/mol. The number of hydrogen-bond acceptors (Lipinski definition) is 6. The molecule has 0 N–H and O–H groups in total. The molecule has 3 aliphatic heterocycles. The molecule has 0 saturated carbocycles. The summed E-state index contributed by atoms with van der Waals surface area (Å²) >= 11 is 1.70. The molecule has 2 fully saturated rings. The summed E-state index contributed by atoms with van der Waals surface area (Å²) in [6, 6.07) is 6.02. The van der Waals surface area contributed by atoms with Gasteiger partial charge in [0.1, 0.15) is 5.01 Å². The topological polar surface area (TPSA) is 73.8 Å². The van der Waals surface area contributed by atoms with Crippen molar-refractivity contribution in [3.05, 3.63) is 51.5 Å². The van der Waals surface area contributed by atoms with Crippen molar-refractivity contribution in [1.29, 1.82) is 0 Å². The maximum absolute atomic E-state index is 12.8. The number of thiazole rings is 1. The van der Waals surface area contributed by atoms with Crippen LogP contribution in [0.2, 0.25) is 0 Å². The number of nitrogens with zero attached hydrogens (tertiary/aromatic N) is 4. The van der Waals surface area contributed by atoms with Crippen LogP contribution in [0.5, 0.6) is 0 Å². The van der Waals surface area contributed by atoms with Crippen LogP contribution < -0.4 is 0 Å². The first kappa shape index (κ1) is 19.4. The minimum atomic E-state index is -0.278. The minimum Gasteiger partial charge on any atom is -0.297 e. The van der Waals surface area contributed by atoms with Crippen LogP contribution in [-0.2, 0) is 22.7 Å². The Labute approximate surface area is 179 Å². The first-order valence-electron chi connectivity index (χ1n) is 10.5. The molecule has 8 heteroatoms. The number of piperidine rings is 2. The summed E-state index contributed by atoms with van der Waals surface area (Å²) in [6.45, 7) is 3.27. The first-order chi connectivity index (χ1) is 14.6. The normalized spacial score (nSPS) is 20.9. The molecule has 0 radical (unpaired) electrons. The Bertz CT molecular complexity index is 966. The number of hydrazine groups is 1. The maximum atomic E-state index is 12.8. The molecule has 156 valence electrons. The smallest absolute Gasteiger partial charge is 0.273 e. The zero-order chi connectivity index (χ0) is 20.7. The van der Waals surface area contributed by atoms with Gasteiger partial charge < -0.3 is 0 Å². The maximum Gasteiger partial charge on any atom is 0.273 e. The molecule has 1 aromatic heterocycles. The quantitative estimate of drug-likeness (QED) is 0.706. The average Bonchev–Trinajstić information content (AvgIpc) is 3.36. The van der Waals surface area contributed by atoms with Crippen molar-refractivity contribution < 1.29 is 14.4 Å². The van der Waals surface area contributed by atoms with Crippen molar-refractivity contribution in [2.45, 2.75) is 51.1 Å². The van der Waals surface area contributed by atoms with E-state index in [0.29, 0.717) is 37.3 Å². The van der Waals surface area contributed by atoms with Gasteiger partial charge in [0.05, 0.1) is 13.1 Å². The van der Waals surface area contributed by atoms with Gasteiger partial charge in [-0.05, 0) is 55.5 Å². The summed E-state index contributed by atoms with van der Waals surface area (Å²) in [5.74, 6) is -0.343. The molecular formula is C22H24N4O3S. The van der Waals surface area contributed by atoms with Crippen LogP contribution in [0.1, 0.15) is 64.5 Å². The number of carbonyl (C=O) groups is 3. The highest BCUT2D eigenvalue weighted by Crippen LogP contribution is 2.33. The lowest BCUT2D eigenvalue weighted by Crippen LogP contribution is -2.51. The standard InChI is InChI=1S/C22H24N4O3S/c27-20-2-1-3-21(28)26(20)25-13-17-12-16(4-5-18(17)22(25)29)15-6-9-24(10-7-15)14-19-23-8-11-30-19/h4-5,8,11-12,15H,1-3,6-7,9-10,13-14H2. The average molecular weight is 425 g/mol. The van der Waals surface area contributed by atoms with Crippen molar-refractivity contribution in [2.24, 2.45) is 0 Å². The summed E-state index contributed by atoms with van der Waals surface area (Å²) in [5.41, 5.74) is 2.76. The Morgan fingerprint density at radius 1 is 1.07 bits per heavy atom. The molecule has 0 unspecified atom stereocenters. The Morgan fingerprint density at radius 3 is 2.53 bits per heavy atom. The predicted molar refractivity (Wildman–Crippen MR) is 111 cm³/mol. The number of benzene rings is 1. The molecule has 7 nitrogen and oxygen atoms in total. The fourth-order valence-corrected chi connectivity index (χ4v) is 5.36. The van der Waals surface area contributed by atoms with Crippen LogP contribution in [-0.4, -0.2) is 50.7 Å². The van der Waals surface area contributed by atoms with Crippen molar-refractivity contribution >= 4 is 29.1 Å². The summed E-state index contributed by atoms with van der Waals surface area (Å²) in [7, 11) is 0. The zero-order valence-corrected chi connectivity index (χ0v) is 17.6. The van der Waals surface area contributed by atoms with Gasteiger partial charge in [0, 0.05) is 30.0 Å². The second-order valence-electron chi connectivity index (χ2n) is 8.21. The molecule has 0 bridgehead atoms. The zero-order valence-electron chi connectivity index (χ0n) is 16.7. The Kier molecular flexibility index (Phi) is 5.12. The van der Waals surface area contributed by atoms with E-state index in [4.69, 9.17) is 0 Å². The number of amides is 3. The number of fused-ring (bicyclic) bond motifs is 1. The van der Waals surface area contributed by atoms with Crippen LogP contribution in [0.3, 0.4) is 0 Å². The summed E-state index contributed by atoms with van der Waals surface area (Å²) in [6.07, 6.45) is 5.20. The van der Waals surface area contributed by atoms with Gasteiger partial charge in [-0.1, -0.05) is 12.1 Å². The molecule has 1 aromatic carbocycles. The molecule has 2 saturated heterocycles. The van der Waals surface area contributed by atoms with Crippen molar-refractivity contribution in [3.8, 4) is 0 Å². The predicted octanol–water partition coefficient (Wildman–Crippen LogP) is 2.93. The molecule has 0 atom stereocenters. The van der Waals surface area contributed by atoms with Crippen LogP contribution in [0, 0.1) is 0 Å². The van der Waals surface area contributed by atoms with Crippen LogP contribution >= 0.6 is 11.3 Å². The third kappa shape index (κ3) is 3.54. The number of likely N-dealkylation sites (tertiary alicyclic amines) is 1. The molecule has 3 aliphatic rings. The van der Waals surface area contributed by atoms with E-state index in [1.807, 2.05) is 23.7 Å². The first-order valence-corrected chi connectivity index (χ1v) is 11.4. The molecule has 2 aromatic rings. The van der Waals surface area contributed by atoms with E-state index >= 15 is 0 Å². The molecule has 0 aliphatic carbocycles. The van der Waals surface area contributed by atoms with E-state index < -0.39 is 0 Å². The van der Waals surface area contributed by atoms with Gasteiger partial charge in [-0.15, -0.1) is 11.3 Å². The summed E-state index contributed by atoms with van der Waals surface area (Å²) in [4.78, 5) is 44.2. The molecular weight excluding hydrogens is 400 g/mol. The minimum absolute atomic E-state index is 0.251. The Hall–Kier alpha value is -2.58. The third-order valence-electron chi connectivity index (χ3n) is 6.31. The Morgan fingerprint density at radius 2 is 1.83 bits per heavy atom. The molecule has 30 heavy (non-hydrogen) atoms. The number of carbonyl (C=O) groups excluding carboxylic acids is 3. The van der Waals surface area contributed by atoms with Crippen molar-refractivity contribution in [1.82, 2.24) is 19.9 Å². The van der Waals surface area contributed by atoms with Gasteiger partial charge in [-0.3, -0.25) is 19.3 Å². The fraction of sp³-hybridized carbons (Fsp3) is 0.455. The van der Waals surface area contributed by atoms with E-state index in [1.165, 1.54) is 10.6 Å². The summed E-state index contributed by atoms with van der Waals surface area (Å²) < 4.78 is 0. The molecule has 5 rings (SSSR count). The largest absolute Gasteiger partial charge is 0.297 e. The van der Waals surface area contributed by atoms with E-state index in [-0.39, 0.29) is 17.7 Å². The van der Waals surface area contributed by atoms with Gasteiger partial charge in [-0.2, -0.15) is 5.01 Å². The van der Waals surface area contributed by atoms with Gasteiger partial charge >= 0.3 is 0 Å². The highest BCUT2D eigenvalue weighted by Gasteiger charge is 2.39. The number of imide groups is 1. The van der Waals surface area contributed by atoms with E-state index in [2.05, 4.69) is 16.0 Å². The van der Waals surface area contributed by atoms with Crippen LogP contribution in [0.15, 0.2) is 29.8 Å². The fourth-order valence-electron chi connectivity index (χ4n) is 4.70. The van der Waals surface area contributed by atoms with Gasteiger partial charge in [-0.25, -0.2) is 9.99 Å². The van der Waals surface area contributed by atoms with E-state index in [9.17, 15) is 14.4 Å². The second-order valence-corrected chi connectivity index (χ2v) is 9.19. The van der Waals surface area contributed by atoms with Gasteiger partial charge in [0.2, 0.25) is 11.8 Å². The van der Waals surface area contributed by atoms with E-state index in [0.717, 1.165) is 48.1 Å². The molecule has 0 spiro atoms. The lowest BCUT2D eigenvalue weighted by atomic mass is 9.88. The van der Waals surface area contributed by atoms with Crippen LogP contribution in [0.4, 0.5) is 0 Å². The number of aromatic nitrogens is 1. The van der Waals surface area contributed by atoms with Crippen LogP contribution in [0.25, 0.3) is 0 Å². The van der Waals surface area contributed by atoms with E-state index in [1.54, 1.807) is 11.3 Å². The Balaban J connectivity index is 1.27. The third-order valence-corrected chi connectivity index (χ3v) is 7.08. The number of rotatable bonds is 4. The SMILES string of the molecule is O=C1c2ccc(C3CCN(Cc4nccs4)CC3)cc2CN1N1C(=O)CCCC1=O. The second kappa shape index (κ2) is 7.92. The molecule has 4 heterocycles. The highest BCUT2D eigenvalue weighted by atomic mass is 32.1. The van der Waals surface area contributed by atoms with Crippen molar-refractivity contribution in [2.75, 3.05) is 13.1 Å². The van der Waals surface area contributed by atoms with Crippen molar-refractivity contribution in [3.63, 3.8) is 0 Å². The summed E-state index contributed by atoms with van der Waals surface area (Å²) in [5, 5.41) is 5.58.